The Kier molecular flexibility index (Phi) is 4.42. The van der Waals surface area contributed by atoms with Crippen molar-refractivity contribution in [2.24, 2.45) is 5.73 Å². The van der Waals surface area contributed by atoms with Crippen LogP contribution in [0, 0.1) is 0 Å². The second-order valence-corrected chi connectivity index (χ2v) is 4.00. The van der Waals surface area contributed by atoms with Crippen molar-refractivity contribution in [2.75, 3.05) is 18.9 Å². The molecule has 0 atom stereocenters. The van der Waals surface area contributed by atoms with Crippen LogP contribution in [0.4, 0.5) is 0 Å². The van der Waals surface area contributed by atoms with E-state index in [-0.39, 0.29) is 18.2 Å². The van der Waals surface area contributed by atoms with Gasteiger partial charge in [0.2, 0.25) is 5.91 Å². The zero-order chi connectivity index (χ0) is 12.1. The number of ether oxygens (including phenoxy) is 1. The number of nitrogens with two attached hydrogens (primary N) is 1. The summed E-state index contributed by atoms with van der Waals surface area (Å²) in [5, 5.41) is 0.488. The van der Waals surface area contributed by atoms with E-state index in [1.165, 1.54) is 22.7 Å². The van der Waals surface area contributed by atoms with Crippen LogP contribution in [0.15, 0.2) is 23.4 Å². The van der Waals surface area contributed by atoms with Crippen LogP contribution >= 0.6 is 11.8 Å². The second kappa shape index (κ2) is 5.60. The maximum absolute atomic E-state index is 11.5. The molecule has 0 radical (unpaired) electrons. The van der Waals surface area contributed by atoms with E-state index in [4.69, 9.17) is 10.5 Å². The fourth-order valence-corrected chi connectivity index (χ4v) is 2.28. The van der Waals surface area contributed by atoms with Gasteiger partial charge in [-0.15, -0.1) is 0 Å². The zero-order valence-electron chi connectivity index (χ0n) is 9.06. The largest absolute Gasteiger partial charge is 0.457 e. The summed E-state index contributed by atoms with van der Waals surface area (Å²) in [7, 11) is 0. The van der Waals surface area contributed by atoms with Crippen molar-refractivity contribution in [3.05, 3.63) is 23.4 Å². The molecule has 6 heteroatoms. The van der Waals surface area contributed by atoms with Crippen molar-refractivity contribution < 1.29 is 14.3 Å². The molecule has 0 aromatic rings. The van der Waals surface area contributed by atoms with Crippen LogP contribution in [0.25, 0.3) is 0 Å². The molecule has 1 saturated heterocycles. The Morgan fingerprint density at radius 2 is 2.44 bits per heavy atom. The minimum Gasteiger partial charge on any atom is -0.457 e. The van der Waals surface area contributed by atoms with Crippen LogP contribution in [-0.2, 0) is 14.3 Å². The van der Waals surface area contributed by atoms with Crippen molar-refractivity contribution in [3.63, 3.8) is 0 Å². The lowest BCUT2D eigenvalue weighted by Gasteiger charge is -2.15. The Bertz CT molecular complexity index is 352. The summed E-state index contributed by atoms with van der Waals surface area (Å²) in [5.74, 6) is -0.337. The first-order valence-corrected chi connectivity index (χ1v) is 5.81. The minimum atomic E-state index is -0.615. The smallest absolute Gasteiger partial charge is 0.357 e. The minimum absolute atomic E-state index is 0.0143. The third-order valence-corrected chi connectivity index (χ3v) is 3.08. The lowest BCUT2D eigenvalue weighted by Crippen LogP contribution is -2.28. The number of carbonyl (C=O) groups is 2. The summed E-state index contributed by atoms with van der Waals surface area (Å²) in [5.41, 5.74) is 5.63. The number of rotatable bonds is 4. The molecule has 0 bridgehead atoms. The highest BCUT2D eigenvalue weighted by atomic mass is 32.2. The van der Waals surface area contributed by atoms with Gasteiger partial charge in [0.25, 0.3) is 0 Å². The highest BCUT2D eigenvalue weighted by molar-refractivity contribution is 8.04. The van der Waals surface area contributed by atoms with Crippen molar-refractivity contribution in [1.82, 2.24) is 4.90 Å². The fraction of sp³-hybridized carbons (Fsp3) is 0.400. The number of hydrogen-bond donors (Lipinski definition) is 1. The average molecular weight is 242 g/mol. The van der Waals surface area contributed by atoms with Gasteiger partial charge in [0, 0.05) is 6.54 Å². The summed E-state index contributed by atoms with van der Waals surface area (Å²) in [6.07, 6.45) is 1.46. The van der Waals surface area contributed by atoms with E-state index in [1.54, 1.807) is 0 Å². The van der Waals surface area contributed by atoms with Gasteiger partial charge in [-0.05, 0) is 6.92 Å². The molecule has 88 valence electrons. The second-order valence-electron chi connectivity index (χ2n) is 3.03. The van der Waals surface area contributed by atoms with E-state index in [0.29, 0.717) is 17.3 Å². The van der Waals surface area contributed by atoms with Gasteiger partial charge in [-0.2, -0.15) is 0 Å². The molecule has 1 heterocycles. The van der Waals surface area contributed by atoms with E-state index in [2.05, 4.69) is 6.58 Å². The number of amides is 1. The zero-order valence-corrected chi connectivity index (χ0v) is 9.88. The highest BCUT2D eigenvalue weighted by Crippen LogP contribution is 2.30. The molecule has 1 fully saturated rings. The first-order chi connectivity index (χ1) is 7.61. The summed E-state index contributed by atoms with van der Waals surface area (Å²) >= 11 is 1.26. The van der Waals surface area contributed by atoms with Gasteiger partial charge >= 0.3 is 5.97 Å². The van der Waals surface area contributed by atoms with E-state index >= 15 is 0 Å². The third-order valence-electron chi connectivity index (χ3n) is 1.98. The van der Waals surface area contributed by atoms with Gasteiger partial charge in [-0.1, -0.05) is 24.4 Å². The number of carbonyl (C=O) groups excluding carboxylic acids is 2. The molecule has 5 nitrogen and oxygen atoms in total. The van der Waals surface area contributed by atoms with E-state index < -0.39 is 5.97 Å². The lowest BCUT2D eigenvalue weighted by molar-refractivity contribution is -0.138. The van der Waals surface area contributed by atoms with Crippen LogP contribution < -0.4 is 5.73 Å². The molecule has 0 spiro atoms. The average Bonchev–Trinajstić information content (AvgIpc) is 2.66. The quantitative estimate of drug-likeness (QED) is 0.440. The molecule has 0 aromatic carbocycles. The highest BCUT2D eigenvalue weighted by Gasteiger charge is 2.29. The van der Waals surface area contributed by atoms with Gasteiger partial charge < -0.3 is 15.4 Å². The molecule has 0 aromatic heterocycles. The molecule has 1 rings (SSSR count). The van der Waals surface area contributed by atoms with Gasteiger partial charge in [0.1, 0.15) is 17.3 Å². The van der Waals surface area contributed by atoms with Gasteiger partial charge in [-0.25, -0.2) is 4.79 Å². The standard InChI is InChI=1S/C10H14N2O3S/c1-3-5-15-10(14)8(11)9-12(4-2)7(13)6-16-9/h3H,1,4-6,11H2,2H3/b9-8+. The van der Waals surface area contributed by atoms with Crippen LogP contribution in [0.5, 0.6) is 0 Å². The van der Waals surface area contributed by atoms with Crippen LogP contribution in [0.1, 0.15) is 6.92 Å². The monoisotopic (exact) mass is 242 g/mol. The van der Waals surface area contributed by atoms with Crippen molar-refractivity contribution in [1.29, 1.82) is 0 Å². The molecule has 16 heavy (non-hydrogen) atoms. The summed E-state index contributed by atoms with van der Waals surface area (Å²) < 4.78 is 4.80. The summed E-state index contributed by atoms with van der Waals surface area (Å²) in [6.45, 7) is 5.86. The molecule has 2 N–H and O–H groups in total. The summed E-state index contributed by atoms with van der Waals surface area (Å²) in [6, 6.07) is 0. The van der Waals surface area contributed by atoms with E-state index in [1.807, 2.05) is 6.92 Å². The van der Waals surface area contributed by atoms with Gasteiger partial charge in [0.15, 0.2) is 0 Å². The maximum atomic E-state index is 11.5. The van der Waals surface area contributed by atoms with Crippen molar-refractivity contribution in [3.8, 4) is 0 Å². The molecular formula is C10H14N2O3S. The lowest BCUT2D eigenvalue weighted by atomic mass is 10.4. The number of hydrogen-bond acceptors (Lipinski definition) is 5. The van der Waals surface area contributed by atoms with E-state index in [0.717, 1.165) is 0 Å². The fourth-order valence-electron chi connectivity index (χ4n) is 1.24. The normalized spacial score (nSPS) is 18.6. The molecule has 1 aliphatic heterocycles. The van der Waals surface area contributed by atoms with Crippen LogP contribution in [0.3, 0.4) is 0 Å². The van der Waals surface area contributed by atoms with Crippen molar-refractivity contribution >= 4 is 23.6 Å². The number of thioether (sulfide) groups is 1. The van der Waals surface area contributed by atoms with Crippen molar-refractivity contribution in [2.45, 2.75) is 6.92 Å². The predicted molar refractivity (Wildman–Crippen MR) is 62.2 cm³/mol. The maximum Gasteiger partial charge on any atom is 0.357 e. The topological polar surface area (TPSA) is 72.6 Å². The van der Waals surface area contributed by atoms with E-state index in [9.17, 15) is 9.59 Å². The summed E-state index contributed by atoms with van der Waals surface area (Å²) in [4.78, 5) is 24.3. The first kappa shape index (κ1) is 12.6. The number of esters is 1. The molecule has 0 saturated carbocycles. The molecule has 1 amide bonds. The predicted octanol–water partition coefficient (Wildman–Crippen LogP) is 0.439. The first-order valence-electron chi connectivity index (χ1n) is 4.82. The molecule has 0 aliphatic carbocycles. The SMILES string of the molecule is C=CCOC(=O)/C(N)=C1\SCC(=O)N1CC. The van der Waals surface area contributed by atoms with Gasteiger partial charge in [0.05, 0.1) is 5.75 Å². The third kappa shape index (κ3) is 2.57. The van der Waals surface area contributed by atoms with Gasteiger partial charge in [-0.3, -0.25) is 4.79 Å². The molecule has 0 unspecified atom stereocenters. The Morgan fingerprint density at radius 3 is 3.00 bits per heavy atom. The Hall–Kier alpha value is -1.43. The van der Waals surface area contributed by atoms with Crippen LogP contribution in [-0.4, -0.2) is 35.7 Å². The molecule has 1 aliphatic rings. The number of nitrogens with zero attached hydrogens (tertiary/aromatic N) is 1. The Balaban J connectivity index is 2.82. The molecular weight excluding hydrogens is 228 g/mol. The Morgan fingerprint density at radius 1 is 1.75 bits per heavy atom. The Labute approximate surface area is 98.3 Å². The van der Waals surface area contributed by atoms with Crippen LogP contribution in [0.2, 0.25) is 0 Å².